The number of aliphatic imine (C=N–C) groups is 2. The summed E-state index contributed by atoms with van der Waals surface area (Å²) in [7, 11) is 1.84. The van der Waals surface area contributed by atoms with E-state index in [9.17, 15) is 0 Å². The Balaban J connectivity index is 1.29. The molecule has 0 spiro atoms. The summed E-state index contributed by atoms with van der Waals surface area (Å²) in [6.07, 6.45) is 22.3. The van der Waals surface area contributed by atoms with Crippen LogP contribution in [-0.4, -0.2) is 18.5 Å². The molecule has 288 valence electrons. The molecular formula is C54H51N3S. The maximum absolute atomic E-state index is 7.19. The number of hydrogen-bond acceptors (Lipinski definition) is 4. The Kier molecular flexibility index (Phi) is 11.5. The highest BCUT2D eigenvalue weighted by atomic mass is 32.1. The second-order valence-corrected chi connectivity index (χ2v) is 16.8. The Morgan fingerprint density at radius 2 is 1.69 bits per heavy atom. The molecule has 2 N–H and O–H groups in total. The molecule has 4 heteroatoms. The van der Waals surface area contributed by atoms with Crippen molar-refractivity contribution in [2.75, 3.05) is 7.05 Å². The summed E-state index contributed by atoms with van der Waals surface area (Å²) in [5, 5.41) is 1.20. The van der Waals surface area contributed by atoms with Gasteiger partial charge in [0.2, 0.25) is 0 Å². The number of rotatable bonds is 7. The van der Waals surface area contributed by atoms with Gasteiger partial charge in [0.05, 0.1) is 11.4 Å². The van der Waals surface area contributed by atoms with Crippen LogP contribution in [0.3, 0.4) is 0 Å². The van der Waals surface area contributed by atoms with Crippen molar-refractivity contribution in [2.24, 2.45) is 27.6 Å². The van der Waals surface area contributed by atoms with Crippen LogP contribution in [0.25, 0.3) is 43.7 Å². The van der Waals surface area contributed by atoms with Crippen LogP contribution in [0.1, 0.15) is 78.6 Å². The largest absolute Gasteiger partial charge is 0.398 e. The molecule has 1 aromatic heterocycles. The molecule has 0 saturated heterocycles. The van der Waals surface area contributed by atoms with E-state index in [1.54, 1.807) is 0 Å². The minimum atomic E-state index is 0.375. The standard InChI is InChI=1S/C54H51N3S/c1-6-7-20-48-37(4)58-53-28-27-40(32-50(48)53)42-29-43(51(55)34-52(56-5)39-25-23-38(24-26-39)46-21-15-14-16-35(46)2)31-44(30-42)54(57-45-18-11-9-12-19-45)49-33-41-17-10-8-13-22-47(41)36(49)3/h8-12,14-18,21,23-32,34,36,47H,6,13,19,22,33,55H2,1-5H3/b51-34-,54-49-,56-52?,57-45?. The topological polar surface area (TPSA) is 50.7 Å². The predicted octanol–water partition coefficient (Wildman–Crippen LogP) is 13.6. The average Bonchev–Trinajstić information content (AvgIpc) is 3.61. The van der Waals surface area contributed by atoms with Crippen molar-refractivity contribution in [1.82, 2.24) is 0 Å². The van der Waals surface area contributed by atoms with E-state index >= 15 is 0 Å². The average molecular weight is 774 g/mol. The fourth-order valence-electron chi connectivity index (χ4n) is 8.66. The normalized spacial score (nSPS) is 19.5. The first-order chi connectivity index (χ1) is 28.3. The van der Waals surface area contributed by atoms with Crippen LogP contribution in [0.5, 0.6) is 0 Å². The summed E-state index contributed by atoms with van der Waals surface area (Å²) in [5.41, 5.74) is 23.8. The van der Waals surface area contributed by atoms with E-state index in [0.717, 1.165) is 82.6 Å². The van der Waals surface area contributed by atoms with Gasteiger partial charge in [0, 0.05) is 57.4 Å². The SMILES string of the molecule is CCC#Cc1c(C)sc2ccc(-c3cc(/C(N)=C/C(=NC)c4ccc(-c5ccccc5C)cc4)cc(/C(N=C4C=CC=CC4)=C4\CC5=CC=CCCC5C4C)c3)cc12. The number of allylic oxidation sites excluding steroid dienone is 10. The van der Waals surface area contributed by atoms with Gasteiger partial charge in [-0.2, -0.15) is 0 Å². The minimum Gasteiger partial charge on any atom is -0.398 e. The summed E-state index contributed by atoms with van der Waals surface area (Å²) in [5.74, 6) is 7.68. The summed E-state index contributed by atoms with van der Waals surface area (Å²) in [6, 6.07) is 30.7. The van der Waals surface area contributed by atoms with Crippen molar-refractivity contribution < 1.29 is 0 Å². The number of nitrogens with zero attached hydrogens (tertiary/aromatic N) is 2. The fraction of sp³-hybridized carbons (Fsp3) is 0.222. The highest BCUT2D eigenvalue weighted by Gasteiger charge is 2.34. The summed E-state index contributed by atoms with van der Waals surface area (Å²) >= 11 is 1.81. The first kappa shape index (κ1) is 38.8. The van der Waals surface area contributed by atoms with E-state index in [0.29, 0.717) is 17.5 Å². The molecule has 2 atom stereocenters. The lowest BCUT2D eigenvalue weighted by Crippen LogP contribution is -2.08. The quantitative estimate of drug-likeness (QED) is 0.130. The lowest BCUT2D eigenvalue weighted by molar-refractivity contribution is 0.482. The zero-order chi connectivity index (χ0) is 40.2. The van der Waals surface area contributed by atoms with Crippen molar-refractivity contribution in [2.45, 2.75) is 59.8 Å². The van der Waals surface area contributed by atoms with E-state index in [-0.39, 0.29) is 0 Å². The first-order valence-corrected chi connectivity index (χ1v) is 21.4. The lowest BCUT2D eigenvalue weighted by Gasteiger charge is -2.19. The molecule has 3 nitrogen and oxygen atoms in total. The summed E-state index contributed by atoms with van der Waals surface area (Å²) < 4.78 is 1.25. The molecule has 4 aromatic carbocycles. The zero-order valence-electron chi connectivity index (χ0n) is 34.3. The zero-order valence-corrected chi connectivity index (χ0v) is 35.1. The van der Waals surface area contributed by atoms with Crippen molar-refractivity contribution >= 4 is 44.2 Å². The maximum Gasteiger partial charge on any atom is 0.0704 e. The molecule has 3 aliphatic rings. The van der Waals surface area contributed by atoms with E-state index in [2.05, 4.69) is 167 Å². The third-order valence-corrected chi connectivity index (χ3v) is 12.9. The van der Waals surface area contributed by atoms with Gasteiger partial charge in [0.15, 0.2) is 0 Å². The number of aryl methyl sites for hydroxylation is 2. The van der Waals surface area contributed by atoms with Gasteiger partial charge >= 0.3 is 0 Å². The van der Waals surface area contributed by atoms with Gasteiger partial charge in [0.1, 0.15) is 0 Å². The van der Waals surface area contributed by atoms with Crippen LogP contribution in [0, 0.1) is 37.5 Å². The third-order valence-electron chi connectivity index (χ3n) is 11.8. The third kappa shape index (κ3) is 8.06. The molecule has 1 heterocycles. The van der Waals surface area contributed by atoms with Crippen LogP contribution in [0.2, 0.25) is 0 Å². The molecule has 8 rings (SSSR count). The van der Waals surface area contributed by atoms with Crippen LogP contribution in [0.15, 0.2) is 155 Å². The van der Waals surface area contributed by atoms with Gasteiger partial charge in [-0.3, -0.25) is 9.98 Å². The molecule has 0 bridgehead atoms. The Hall–Kier alpha value is -6.02. The highest BCUT2D eigenvalue weighted by Crippen LogP contribution is 2.48. The van der Waals surface area contributed by atoms with E-state index in [1.165, 1.54) is 42.8 Å². The van der Waals surface area contributed by atoms with Crippen molar-refractivity contribution in [3.05, 3.63) is 177 Å². The number of hydrogen-bond donors (Lipinski definition) is 1. The van der Waals surface area contributed by atoms with Crippen molar-refractivity contribution in [1.29, 1.82) is 0 Å². The Morgan fingerprint density at radius 3 is 2.47 bits per heavy atom. The van der Waals surface area contributed by atoms with Gasteiger partial charge in [-0.1, -0.05) is 122 Å². The van der Waals surface area contributed by atoms with Crippen LogP contribution < -0.4 is 5.73 Å². The van der Waals surface area contributed by atoms with Crippen LogP contribution >= 0.6 is 11.3 Å². The molecule has 58 heavy (non-hydrogen) atoms. The number of nitrogens with two attached hydrogens (primary N) is 1. The molecule has 0 radical (unpaired) electrons. The number of benzene rings is 4. The monoisotopic (exact) mass is 773 g/mol. The maximum atomic E-state index is 7.19. The molecule has 3 aliphatic carbocycles. The molecular weight excluding hydrogens is 723 g/mol. The molecule has 1 fully saturated rings. The van der Waals surface area contributed by atoms with Crippen LogP contribution in [0.4, 0.5) is 0 Å². The van der Waals surface area contributed by atoms with Crippen molar-refractivity contribution in [3.63, 3.8) is 0 Å². The fourth-order valence-corrected chi connectivity index (χ4v) is 9.66. The second kappa shape index (κ2) is 17.2. The predicted molar refractivity (Wildman–Crippen MR) is 251 cm³/mol. The van der Waals surface area contributed by atoms with Gasteiger partial charge in [-0.05, 0) is 132 Å². The molecule has 0 aliphatic heterocycles. The van der Waals surface area contributed by atoms with Gasteiger partial charge in [-0.15, -0.1) is 11.3 Å². The number of fused-ring (bicyclic) bond motifs is 2. The summed E-state index contributed by atoms with van der Waals surface area (Å²) in [4.78, 5) is 11.5. The lowest BCUT2D eigenvalue weighted by atomic mass is 9.88. The van der Waals surface area contributed by atoms with Gasteiger partial charge < -0.3 is 5.73 Å². The van der Waals surface area contributed by atoms with E-state index in [4.69, 9.17) is 15.7 Å². The van der Waals surface area contributed by atoms with Gasteiger partial charge in [0.25, 0.3) is 0 Å². The molecule has 2 unspecified atom stereocenters. The first-order valence-electron chi connectivity index (χ1n) is 20.6. The van der Waals surface area contributed by atoms with E-state index in [1.807, 2.05) is 24.5 Å². The summed E-state index contributed by atoms with van der Waals surface area (Å²) in [6.45, 7) is 8.84. The van der Waals surface area contributed by atoms with E-state index < -0.39 is 0 Å². The second-order valence-electron chi connectivity index (χ2n) is 15.6. The molecule has 1 saturated carbocycles. The Morgan fingerprint density at radius 1 is 0.879 bits per heavy atom. The Labute approximate surface area is 348 Å². The Bertz CT molecular complexity index is 2710. The van der Waals surface area contributed by atoms with Crippen LogP contribution in [-0.2, 0) is 0 Å². The molecule has 5 aromatic rings. The molecule has 0 amide bonds. The smallest absolute Gasteiger partial charge is 0.0704 e. The highest BCUT2D eigenvalue weighted by molar-refractivity contribution is 7.19. The minimum absolute atomic E-state index is 0.375. The number of thiophene rings is 1. The van der Waals surface area contributed by atoms with Gasteiger partial charge in [-0.25, -0.2) is 0 Å². The van der Waals surface area contributed by atoms with Crippen molar-refractivity contribution in [3.8, 4) is 34.1 Å².